The summed E-state index contributed by atoms with van der Waals surface area (Å²) in [6.45, 7) is 4.13. The van der Waals surface area contributed by atoms with Crippen molar-refractivity contribution in [2.75, 3.05) is 20.5 Å². The van der Waals surface area contributed by atoms with Crippen LogP contribution >= 0.6 is 0 Å². The molecule has 0 amide bonds. The molecule has 0 saturated carbocycles. The second-order valence-corrected chi connectivity index (χ2v) is 8.08. The number of aromatic nitrogens is 5. The van der Waals surface area contributed by atoms with Crippen LogP contribution in [0.5, 0.6) is 11.5 Å². The molecule has 0 fully saturated rings. The number of hydrogen-bond donors (Lipinski definition) is 1. The minimum atomic E-state index is -0.162. The third-order valence-corrected chi connectivity index (χ3v) is 5.92. The Morgan fingerprint density at radius 3 is 2.85 bits per heavy atom. The number of aromatic amines is 1. The maximum absolute atomic E-state index is 13.0. The first kappa shape index (κ1) is 22.1. The van der Waals surface area contributed by atoms with Crippen molar-refractivity contribution in [1.29, 1.82) is 0 Å². The first-order valence-electron chi connectivity index (χ1n) is 11.1. The Bertz CT molecular complexity index is 1320. The number of ether oxygens (including phenoxy) is 3. The van der Waals surface area contributed by atoms with Crippen molar-refractivity contribution < 1.29 is 18.6 Å². The fourth-order valence-electron chi connectivity index (χ4n) is 4.25. The second kappa shape index (κ2) is 9.65. The summed E-state index contributed by atoms with van der Waals surface area (Å²) in [5.41, 5.74) is 1.16. The van der Waals surface area contributed by atoms with E-state index < -0.39 is 0 Å². The predicted octanol–water partition coefficient (Wildman–Crippen LogP) is 2.64. The molecule has 0 aliphatic carbocycles. The van der Waals surface area contributed by atoms with Crippen molar-refractivity contribution >= 4 is 10.9 Å². The first-order valence-corrected chi connectivity index (χ1v) is 11.1. The molecule has 1 aliphatic rings. The summed E-state index contributed by atoms with van der Waals surface area (Å²) in [5, 5.41) is 13.2. The second-order valence-electron chi connectivity index (χ2n) is 8.08. The lowest BCUT2D eigenvalue weighted by Gasteiger charge is -2.29. The molecule has 1 aliphatic heterocycles. The third kappa shape index (κ3) is 4.39. The SMILES string of the molecule is CC[C@@H](c1nnnn1CCOC)N(Cc1ccco1)Cc1cc2cc3c(cc2[nH]c1=O)OCO3. The van der Waals surface area contributed by atoms with Crippen molar-refractivity contribution in [1.82, 2.24) is 30.1 Å². The maximum atomic E-state index is 13.0. The van der Waals surface area contributed by atoms with Gasteiger partial charge in [-0.1, -0.05) is 6.92 Å². The lowest BCUT2D eigenvalue weighted by Crippen LogP contribution is -2.32. The zero-order chi connectivity index (χ0) is 23.5. The molecule has 178 valence electrons. The molecule has 0 bridgehead atoms. The van der Waals surface area contributed by atoms with Crippen LogP contribution in [0, 0.1) is 0 Å². The average molecular weight is 466 g/mol. The fraction of sp³-hybridized carbons (Fsp3) is 0.391. The Labute approximate surface area is 195 Å². The number of nitrogens with one attached hydrogen (secondary N) is 1. The van der Waals surface area contributed by atoms with E-state index in [-0.39, 0.29) is 18.4 Å². The molecule has 4 heterocycles. The van der Waals surface area contributed by atoms with E-state index >= 15 is 0 Å². The van der Waals surface area contributed by atoms with Crippen molar-refractivity contribution in [3.8, 4) is 11.5 Å². The Kier molecular flexibility index (Phi) is 6.28. The molecular weight excluding hydrogens is 440 g/mol. The minimum absolute atomic E-state index is 0.149. The monoisotopic (exact) mass is 466 g/mol. The van der Waals surface area contributed by atoms with Gasteiger partial charge in [0.15, 0.2) is 17.3 Å². The number of nitrogens with zero attached hydrogens (tertiary/aromatic N) is 5. The number of fused-ring (bicyclic) bond motifs is 2. The number of H-pyrrole nitrogens is 1. The van der Waals surface area contributed by atoms with Gasteiger partial charge in [-0.2, -0.15) is 0 Å². The van der Waals surface area contributed by atoms with Gasteiger partial charge in [-0.05, 0) is 41.1 Å². The van der Waals surface area contributed by atoms with Gasteiger partial charge >= 0.3 is 0 Å². The number of benzene rings is 1. The van der Waals surface area contributed by atoms with E-state index in [2.05, 4.69) is 32.3 Å². The fourth-order valence-corrected chi connectivity index (χ4v) is 4.25. The molecule has 11 nitrogen and oxygen atoms in total. The van der Waals surface area contributed by atoms with E-state index in [1.54, 1.807) is 24.1 Å². The molecule has 5 rings (SSSR count). The molecule has 34 heavy (non-hydrogen) atoms. The Hall–Kier alpha value is -3.70. The topological polar surface area (TPSA) is 121 Å². The molecule has 3 aromatic heterocycles. The number of furan rings is 1. The first-order chi connectivity index (χ1) is 16.7. The molecule has 0 unspecified atom stereocenters. The van der Waals surface area contributed by atoms with E-state index in [0.29, 0.717) is 54.6 Å². The highest BCUT2D eigenvalue weighted by atomic mass is 16.7. The summed E-state index contributed by atoms with van der Waals surface area (Å²) in [6.07, 6.45) is 2.38. The van der Waals surface area contributed by atoms with E-state index in [0.717, 1.165) is 17.6 Å². The Morgan fingerprint density at radius 2 is 2.09 bits per heavy atom. The van der Waals surface area contributed by atoms with Crippen LogP contribution in [0.25, 0.3) is 10.9 Å². The van der Waals surface area contributed by atoms with Crippen LogP contribution in [-0.2, 0) is 24.4 Å². The van der Waals surface area contributed by atoms with Crippen LogP contribution in [0.3, 0.4) is 0 Å². The van der Waals surface area contributed by atoms with Gasteiger partial charge in [0.05, 0.1) is 37.5 Å². The summed E-state index contributed by atoms with van der Waals surface area (Å²) >= 11 is 0. The van der Waals surface area contributed by atoms with Crippen molar-refractivity contribution in [2.45, 2.75) is 39.0 Å². The standard InChI is InChI=1S/C23H26N6O5/c1-3-19(22-25-26-27-29(22)6-8-31-2)28(13-17-5-4-7-32-17)12-16-9-15-10-20-21(34-14-33-20)11-18(15)24-23(16)30/h4-5,7,9-11,19H,3,6,8,12-14H2,1-2H3,(H,24,30)/t19-/m0/s1. The predicted molar refractivity (Wildman–Crippen MR) is 121 cm³/mol. The third-order valence-electron chi connectivity index (χ3n) is 5.92. The van der Waals surface area contributed by atoms with Crippen LogP contribution in [-0.4, -0.2) is 50.6 Å². The van der Waals surface area contributed by atoms with E-state index in [9.17, 15) is 4.79 Å². The van der Waals surface area contributed by atoms with Gasteiger partial charge in [0, 0.05) is 30.7 Å². The molecular formula is C23H26N6O5. The van der Waals surface area contributed by atoms with Gasteiger partial charge < -0.3 is 23.6 Å². The highest BCUT2D eigenvalue weighted by molar-refractivity contribution is 5.83. The zero-order valence-electron chi connectivity index (χ0n) is 19.1. The Balaban J connectivity index is 1.50. The van der Waals surface area contributed by atoms with Crippen LogP contribution in [0.15, 0.2) is 45.8 Å². The van der Waals surface area contributed by atoms with Gasteiger partial charge in [0.2, 0.25) is 6.79 Å². The average Bonchev–Trinajstić information content (AvgIpc) is 3.60. The number of tetrazole rings is 1. The lowest BCUT2D eigenvalue weighted by molar-refractivity contribution is 0.142. The smallest absolute Gasteiger partial charge is 0.252 e. The lowest BCUT2D eigenvalue weighted by atomic mass is 10.1. The van der Waals surface area contributed by atoms with Crippen LogP contribution in [0.1, 0.15) is 36.5 Å². The molecule has 11 heteroatoms. The zero-order valence-corrected chi connectivity index (χ0v) is 19.1. The molecule has 1 aromatic carbocycles. The van der Waals surface area contributed by atoms with Crippen LogP contribution in [0.2, 0.25) is 0 Å². The Morgan fingerprint density at radius 1 is 1.24 bits per heavy atom. The summed E-state index contributed by atoms with van der Waals surface area (Å²) in [4.78, 5) is 18.2. The minimum Gasteiger partial charge on any atom is -0.468 e. The van der Waals surface area contributed by atoms with Gasteiger partial charge in [-0.15, -0.1) is 5.10 Å². The highest BCUT2D eigenvalue weighted by Crippen LogP contribution is 2.35. The summed E-state index contributed by atoms with van der Waals surface area (Å²) < 4.78 is 23.5. The molecule has 1 atom stereocenters. The number of rotatable bonds is 10. The molecule has 0 spiro atoms. The van der Waals surface area contributed by atoms with Gasteiger partial charge in [0.25, 0.3) is 5.56 Å². The number of pyridine rings is 1. The van der Waals surface area contributed by atoms with Gasteiger partial charge in [0.1, 0.15) is 5.76 Å². The number of hydrogen-bond acceptors (Lipinski definition) is 9. The van der Waals surface area contributed by atoms with E-state index in [4.69, 9.17) is 18.6 Å². The van der Waals surface area contributed by atoms with Gasteiger partial charge in [-0.25, -0.2) is 4.68 Å². The maximum Gasteiger partial charge on any atom is 0.252 e. The number of methoxy groups -OCH3 is 1. The molecule has 0 radical (unpaired) electrons. The molecule has 1 N–H and O–H groups in total. The van der Waals surface area contributed by atoms with Crippen LogP contribution < -0.4 is 15.0 Å². The normalized spacial score (nSPS) is 13.7. The highest BCUT2D eigenvalue weighted by Gasteiger charge is 2.27. The summed E-state index contributed by atoms with van der Waals surface area (Å²) in [6, 6.07) is 9.19. The van der Waals surface area contributed by atoms with E-state index in [1.807, 2.05) is 24.3 Å². The largest absolute Gasteiger partial charge is 0.468 e. The molecule has 4 aromatic rings. The van der Waals surface area contributed by atoms with Crippen molar-refractivity contribution in [3.05, 3.63) is 64.1 Å². The van der Waals surface area contributed by atoms with Gasteiger partial charge in [-0.3, -0.25) is 9.69 Å². The van der Waals surface area contributed by atoms with Crippen LogP contribution in [0.4, 0.5) is 0 Å². The summed E-state index contributed by atoms with van der Waals surface area (Å²) in [5.74, 6) is 2.80. The molecule has 0 saturated heterocycles. The van der Waals surface area contributed by atoms with Crippen molar-refractivity contribution in [3.63, 3.8) is 0 Å². The van der Waals surface area contributed by atoms with E-state index in [1.165, 1.54) is 0 Å². The quantitative estimate of drug-likeness (QED) is 0.376. The van der Waals surface area contributed by atoms with Crippen molar-refractivity contribution in [2.24, 2.45) is 0 Å². The summed E-state index contributed by atoms with van der Waals surface area (Å²) in [7, 11) is 1.64.